The Morgan fingerprint density at radius 3 is 2.90 bits per heavy atom. The minimum atomic E-state index is -0.634. The maximum absolute atomic E-state index is 14.0. The maximum Gasteiger partial charge on any atom is 0.272 e. The topological polar surface area (TPSA) is 78.6 Å². The van der Waals surface area contributed by atoms with Gasteiger partial charge in [0.1, 0.15) is 0 Å². The third-order valence-corrected chi connectivity index (χ3v) is 3.46. The van der Waals surface area contributed by atoms with Crippen LogP contribution in [0.3, 0.4) is 0 Å². The third-order valence-electron chi connectivity index (χ3n) is 3.46. The Kier molecular flexibility index (Phi) is 4.86. The van der Waals surface area contributed by atoms with Gasteiger partial charge < -0.3 is 15.3 Å². The summed E-state index contributed by atoms with van der Waals surface area (Å²) < 4.78 is 14.0. The van der Waals surface area contributed by atoms with Crippen molar-refractivity contribution in [1.29, 1.82) is 0 Å². The highest BCUT2D eigenvalue weighted by Crippen LogP contribution is 2.24. The van der Waals surface area contributed by atoms with Crippen LogP contribution in [0.5, 0.6) is 0 Å². The molecule has 1 aliphatic rings. The van der Waals surface area contributed by atoms with Gasteiger partial charge in [0.2, 0.25) is 0 Å². The maximum atomic E-state index is 14.0. The fourth-order valence-corrected chi connectivity index (χ4v) is 2.48. The van der Waals surface area contributed by atoms with E-state index in [1.807, 2.05) is 0 Å². The second-order valence-electron chi connectivity index (χ2n) is 4.86. The molecular formula is C13H18FN3O3. The summed E-state index contributed by atoms with van der Waals surface area (Å²) in [4.78, 5) is 11.7. The van der Waals surface area contributed by atoms with Gasteiger partial charge in [-0.05, 0) is 25.5 Å². The molecule has 1 heterocycles. The minimum Gasteiger partial charge on any atom is -0.395 e. The average molecular weight is 283 g/mol. The van der Waals surface area contributed by atoms with Gasteiger partial charge in [-0.3, -0.25) is 10.1 Å². The van der Waals surface area contributed by atoms with Gasteiger partial charge in [0.05, 0.1) is 23.3 Å². The van der Waals surface area contributed by atoms with E-state index in [1.54, 1.807) is 4.90 Å². The van der Waals surface area contributed by atoms with Crippen LogP contribution in [0.2, 0.25) is 0 Å². The first-order chi connectivity index (χ1) is 9.61. The van der Waals surface area contributed by atoms with Crippen LogP contribution in [0.1, 0.15) is 12.8 Å². The van der Waals surface area contributed by atoms with Gasteiger partial charge in [-0.15, -0.1) is 0 Å². The summed E-state index contributed by atoms with van der Waals surface area (Å²) in [7, 11) is 0. The van der Waals surface area contributed by atoms with E-state index in [4.69, 9.17) is 5.11 Å². The summed E-state index contributed by atoms with van der Waals surface area (Å²) in [6.07, 6.45) is 2.09. The first kappa shape index (κ1) is 14.7. The van der Waals surface area contributed by atoms with E-state index in [0.29, 0.717) is 18.8 Å². The lowest BCUT2D eigenvalue weighted by molar-refractivity contribution is -0.385. The Balaban J connectivity index is 2.17. The lowest BCUT2D eigenvalue weighted by Gasteiger charge is -2.27. The summed E-state index contributed by atoms with van der Waals surface area (Å²) in [5.74, 6) is -0.634. The van der Waals surface area contributed by atoms with Crippen LogP contribution in [0.4, 0.5) is 15.8 Å². The predicted octanol–water partition coefficient (Wildman–Crippen LogP) is 1.28. The second-order valence-corrected chi connectivity index (χ2v) is 4.86. The average Bonchev–Trinajstić information content (AvgIpc) is 2.91. The van der Waals surface area contributed by atoms with E-state index in [-0.39, 0.29) is 18.3 Å². The number of halogens is 1. The van der Waals surface area contributed by atoms with E-state index in [0.717, 1.165) is 25.5 Å². The largest absolute Gasteiger partial charge is 0.395 e. The van der Waals surface area contributed by atoms with Gasteiger partial charge in [-0.2, -0.15) is 0 Å². The van der Waals surface area contributed by atoms with Crippen LogP contribution >= 0.6 is 0 Å². The molecule has 1 saturated heterocycles. The van der Waals surface area contributed by atoms with E-state index >= 15 is 0 Å². The molecule has 6 nitrogen and oxygen atoms in total. The summed E-state index contributed by atoms with van der Waals surface area (Å²) >= 11 is 0. The zero-order valence-electron chi connectivity index (χ0n) is 11.1. The monoisotopic (exact) mass is 283 g/mol. The number of nitro groups is 1. The first-order valence-electron chi connectivity index (χ1n) is 6.65. The molecular weight excluding hydrogens is 265 g/mol. The van der Waals surface area contributed by atoms with Crippen molar-refractivity contribution in [3.05, 3.63) is 34.1 Å². The standard InChI is InChI=1S/C13H18FN3O3/c14-12-8-11(17(19)20)3-4-13(12)16(6-7-18)9-10-2-1-5-15-10/h3-4,8,10,15,18H,1-2,5-7,9H2. The van der Waals surface area contributed by atoms with Crippen LogP contribution in [0.25, 0.3) is 0 Å². The van der Waals surface area contributed by atoms with Crippen molar-refractivity contribution in [2.45, 2.75) is 18.9 Å². The van der Waals surface area contributed by atoms with E-state index in [1.165, 1.54) is 12.1 Å². The molecule has 7 heteroatoms. The molecule has 20 heavy (non-hydrogen) atoms. The van der Waals surface area contributed by atoms with Gasteiger partial charge in [0.15, 0.2) is 5.82 Å². The van der Waals surface area contributed by atoms with Crippen LogP contribution in [0.15, 0.2) is 18.2 Å². The van der Waals surface area contributed by atoms with Crippen LogP contribution < -0.4 is 10.2 Å². The highest BCUT2D eigenvalue weighted by atomic mass is 19.1. The fraction of sp³-hybridized carbons (Fsp3) is 0.538. The SMILES string of the molecule is O=[N+]([O-])c1ccc(N(CCO)CC2CCCN2)c(F)c1. The number of non-ortho nitro benzene ring substituents is 1. The molecule has 1 unspecified atom stereocenters. The van der Waals surface area contributed by atoms with Crippen molar-refractivity contribution in [3.63, 3.8) is 0 Å². The summed E-state index contributed by atoms with van der Waals surface area (Å²) in [6, 6.07) is 3.86. The zero-order chi connectivity index (χ0) is 14.5. The van der Waals surface area contributed by atoms with E-state index < -0.39 is 10.7 Å². The quantitative estimate of drug-likeness (QED) is 0.607. The highest BCUT2D eigenvalue weighted by Gasteiger charge is 2.21. The van der Waals surface area contributed by atoms with E-state index in [2.05, 4.69) is 5.32 Å². The second kappa shape index (κ2) is 6.62. The predicted molar refractivity (Wildman–Crippen MR) is 73.4 cm³/mol. The van der Waals surface area contributed by atoms with E-state index in [9.17, 15) is 14.5 Å². The Labute approximate surface area is 116 Å². The molecule has 2 rings (SSSR count). The van der Waals surface area contributed by atoms with Crippen molar-refractivity contribution in [3.8, 4) is 0 Å². The fourth-order valence-electron chi connectivity index (χ4n) is 2.48. The number of nitrogens with one attached hydrogen (secondary N) is 1. The summed E-state index contributed by atoms with van der Waals surface area (Å²) in [6.45, 7) is 1.73. The molecule has 1 atom stereocenters. The molecule has 0 amide bonds. The molecule has 0 aromatic heterocycles. The Bertz CT molecular complexity index is 478. The molecule has 1 aliphatic heterocycles. The molecule has 1 aromatic rings. The number of hydrogen-bond donors (Lipinski definition) is 2. The summed E-state index contributed by atoms with van der Waals surface area (Å²) in [5.41, 5.74) is 0.0209. The Morgan fingerprint density at radius 2 is 2.35 bits per heavy atom. The minimum absolute atomic E-state index is 0.0941. The molecule has 1 aromatic carbocycles. The normalized spacial score (nSPS) is 18.2. The Hall–Kier alpha value is -1.73. The van der Waals surface area contributed by atoms with Gasteiger partial charge in [-0.25, -0.2) is 4.39 Å². The van der Waals surface area contributed by atoms with Crippen LogP contribution in [-0.4, -0.2) is 42.3 Å². The zero-order valence-corrected chi connectivity index (χ0v) is 11.1. The summed E-state index contributed by atoms with van der Waals surface area (Å²) in [5, 5.41) is 23.0. The number of nitrogens with zero attached hydrogens (tertiary/aromatic N) is 2. The van der Waals surface area contributed by atoms with Gasteiger partial charge in [-0.1, -0.05) is 0 Å². The lowest BCUT2D eigenvalue weighted by atomic mass is 10.2. The third kappa shape index (κ3) is 3.43. The van der Waals surface area contributed by atoms with Crippen molar-refractivity contribution in [1.82, 2.24) is 5.32 Å². The molecule has 0 saturated carbocycles. The number of hydrogen-bond acceptors (Lipinski definition) is 5. The number of aliphatic hydroxyl groups excluding tert-OH is 1. The molecule has 0 bridgehead atoms. The van der Waals surface area contributed by atoms with Crippen molar-refractivity contribution >= 4 is 11.4 Å². The molecule has 0 spiro atoms. The smallest absolute Gasteiger partial charge is 0.272 e. The van der Waals surface area contributed by atoms with Gasteiger partial charge >= 0.3 is 0 Å². The number of rotatable bonds is 6. The molecule has 0 aliphatic carbocycles. The van der Waals surface area contributed by atoms with Gasteiger partial charge in [0, 0.05) is 25.2 Å². The molecule has 2 N–H and O–H groups in total. The van der Waals surface area contributed by atoms with Crippen LogP contribution in [0, 0.1) is 15.9 Å². The highest BCUT2D eigenvalue weighted by molar-refractivity contribution is 5.52. The lowest BCUT2D eigenvalue weighted by Crippen LogP contribution is -2.39. The number of anilines is 1. The van der Waals surface area contributed by atoms with Crippen molar-refractivity contribution in [2.75, 3.05) is 31.1 Å². The van der Waals surface area contributed by atoms with Crippen molar-refractivity contribution < 1.29 is 14.4 Å². The number of benzene rings is 1. The molecule has 110 valence electrons. The van der Waals surface area contributed by atoms with Crippen molar-refractivity contribution in [2.24, 2.45) is 0 Å². The number of aliphatic hydroxyl groups is 1. The van der Waals surface area contributed by atoms with Gasteiger partial charge in [0.25, 0.3) is 5.69 Å². The first-order valence-corrected chi connectivity index (χ1v) is 6.65. The molecule has 0 radical (unpaired) electrons. The number of nitro benzene ring substituents is 1. The molecule has 1 fully saturated rings. The Morgan fingerprint density at radius 1 is 1.55 bits per heavy atom. The van der Waals surface area contributed by atoms with Crippen LogP contribution in [-0.2, 0) is 0 Å².